The van der Waals surface area contributed by atoms with Gasteiger partial charge >= 0.3 is 0 Å². The van der Waals surface area contributed by atoms with Gasteiger partial charge in [-0.1, -0.05) is 6.92 Å². The summed E-state index contributed by atoms with van der Waals surface area (Å²) >= 11 is 0. The van der Waals surface area contributed by atoms with Gasteiger partial charge in [-0.25, -0.2) is 4.98 Å². The summed E-state index contributed by atoms with van der Waals surface area (Å²) in [6.07, 6.45) is 11.9. The molecule has 0 saturated heterocycles. The highest BCUT2D eigenvalue weighted by atomic mass is 16.2. The topological polar surface area (TPSA) is 105 Å². The molecule has 1 aliphatic rings. The third kappa shape index (κ3) is 4.88. The number of aliphatic hydroxyl groups is 1. The quantitative estimate of drug-likeness (QED) is 0.428. The number of aromatic nitrogens is 2. The Kier molecular flexibility index (Phi) is 8.26. The number of aliphatic hydroxyl groups excluding tert-OH is 1. The first-order chi connectivity index (χ1) is 12.1. The Bertz CT molecular complexity index is 669. The molecule has 3 N–H and O–H groups in total. The molecule has 0 amide bonds. The molecule has 1 aliphatic carbocycles. The number of allylic oxidation sites excluding steroid dienone is 4. The van der Waals surface area contributed by atoms with E-state index in [0.29, 0.717) is 18.9 Å². The van der Waals surface area contributed by atoms with Crippen LogP contribution in [0.3, 0.4) is 0 Å². The molecule has 0 aliphatic heterocycles. The average molecular weight is 344 g/mol. The largest absolute Gasteiger partial charge is 0.400 e. The lowest BCUT2D eigenvalue weighted by Crippen LogP contribution is -2.13. The molecule has 6 nitrogen and oxygen atoms in total. The molecule has 2 rings (SSSR count). The first kappa shape index (κ1) is 20.8. The highest BCUT2D eigenvalue weighted by Gasteiger charge is 2.56. The van der Waals surface area contributed by atoms with Gasteiger partial charge in [-0.05, 0) is 57.2 Å². The first-order valence-electron chi connectivity index (χ1n) is 8.54. The first-order valence-corrected chi connectivity index (χ1v) is 8.54. The van der Waals surface area contributed by atoms with Crippen LogP contribution in [0, 0.1) is 17.2 Å². The maximum absolute atomic E-state index is 11.6. The summed E-state index contributed by atoms with van der Waals surface area (Å²) in [5.74, 6) is 0.362. The minimum Gasteiger partial charge on any atom is -0.400 e. The summed E-state index contributed by atoms with van der Waals surface area (Å²) in [6.45, 7) is 4.57. The second kappa shape index (κ2) is 9.92. The Labute approximate surface area is 149 Å². The van der Waals surface area contributed by atoms with Crippen molar-refractivity contribution in [3.8, 4) is 6.07 Å². The van der Waals surface area contributed by atoms with Gasteiger partial charge in [-0.15, -0.1) is 0 Å². The molecule has 1 fully saturated rings. The Morgan fingerprint density at radius 2 is 2.28 bits per heavy atom. The molecule has 2 unspecified atom stereocenters. The zero-order valence-corrected chi connectivity index (χ0v) is 15.3. The Morgan fingerprint density at radius 1 is 1.56 bits per heavy atom. The number of rotatable bonds is 8. The van der Waals surface area contributed by atoms with Gasteiger partial charge in [0.05, 0.1) is 23.5 Å². The van der Waals surface area contributed by atoms with E-state index >= 15 is 0 Å². The Balaban J connectivity index is 0.00000151. The minimum atomic E-state index is -0.419. The van der Waals surface area contributed by atoms with Crippen molar-refractivity contribution in [1.82, 2.24) is 9.55 Å². The van der Waals surface area contributed by atoms with Crippen LogP contribution in [-0.2, 0) is 10.2 Å². The predicted octanol–water partition coefficient (Wildman–Crippen LogP) is 2.41. The average Bonchev–Trinajstić information content (AvgIpc) is 3.15. The van der Waals surface area contributed by atoms with Gasteiger partial charge in [0.1, 0.15) is 6.29 Å². The van der Waals surface area contributed by atoms with E-state index in [2.05, 4.69) is 11.1 Å². The van der Waals surface area contributed by atoms with E-state index in [1.54, 1.807) is 6.33 Å². The Hall–Kier alpha value is -2.23. The molecular formula is C19H28N4O2. The van der Waals surface area contributed by atoms with Crippen LogP contribution in [0.4, 0.5) is 0 Å². The normalized spacial score (nSPS) is 22.6. The fraction of sp³-hybridized carbons (Fsp3) is 0.526. The van der Waals surface area contributed by atoms with Crippen LogP contribution in [0.2, 0.25) is 0 Å². The molecule has 0 radical (unpaired) electrons. The van der Waals surface area contributed by atoms with Crippen molar-refractivity contribution in [3.63, 3.8) is 0 Å². The number of hydrogen-bond acceptors (Lipinski definition) is 5. The highest BCUT2D eigenvalue weighted by molar-refractivity contribution is 5.73. The maximum Gasteiger partial charge on any atom is 0.132 e. The number of imidazole rings is 1. The molecule has 1 aromatic heterocycles. The fourth-order valence-electron chi connectivity index (χ4n) is 2.89. The van der Waals surface area contributed by atoms with Crippen LogP contribution in [0.5, 0.6) is 0 Å². The molecule has 0 bridgehead atoms. The molecule has 1 saturated carbocycles. The smallest absolute Gasteiger partial charge is 0.132 e. The summed E-state index contributed by atoms with van der Waals surface area (Å²) in [4.78, 5) is 16.0. The second-order valence-corrected chi connectivity index (χ2v) is 6.12. The number of carbonyl (C=O) groups is 1. The molecular weight excluding hydrogens is 316 g/mol. The molecule has 6 heteroatoms. The lowest BCUT2D eigenvalue weighted by molar-refractivity contribution is -0.110. The molecule has 2 atom stereocenters. The second-order valence-electron chi connectivity index (χ2n) is 6.12. The lowest BCUT2D eigenvalue weighted by Gasteiger charge is -2.06. The van der Waals surface area contributed by atoms with Crippen molar-refractivity contribution in [2.75, 3.05) is 13.7 Å². The Morgan fingerprint density at radius 3 is 2.84 bits per heavy atom. The summed E-state index contributed by atoms with van der Waals surface area (Å²) in [5.41, 5.74) is 7.67. The van der Waals surface area contributed by atoms with Gasteiger partial charge in [-0.3, -0.25) is 0 Å². The zero-order chi connectivity index (χ0) is 18.9. The van der Waals surface area contributed by atoms with Gasteiger partial charge in [0.2, 0.25) is 0 Å². The summed E-state index contributed by atoms with van der Waals surface area (Å²) in [5, 5.41) is 15.9. The van der Waals surface area contributed by atoms with Gasteiger partial charge < -0.3 is 20.2 Å². The minimum absolute atomic E-state index is 0.362. The lowest BCUT2D eigenvalue weighted by atomic mass is 9.99. The van der Waals surface area contributed by atoms with Crippen molar-refractivity contribution >= 4 is 12.0 Å². The number of nitriles is 1. The molecule has 25 heavy (non-hydrogen) atoms. The van der Waals surface area contributed by atoms with E-state index < -0.39 is 5.41 Å². The molecule has 1 aromatic rings. The van der Waals surface area contributed by atoms with Crippen molar-refractivity contribution in [3.05, 3.63) is 35.9 Å². The predicted molar refractivity (Wildman–Crippen MR) is 98.4 cm³/mol. The van der Waals surface area contributed by atoms with Crippen LogP contribution in [0.25, 0.3) is 5.70 Å². The van der Waals surface area contributed by atoms with Crippen molar-refractivity contribution in [2.24, 2.45) is 11.7 Å². The number of nitrogens with two attached hydrogens (primary N) is 1. The van der Waals surface area contributed by atoms with Crippen molar-refractivity contribution in [2.45, 2.75) is 44.9 Å². The van der Waals surface area contributed by atoms with Gasteiger partial charge in [-0.2, -0.15) is 5.26 Å². The van der Waals surface area contributed by atoms with E-state index in [9.17, 15) is 4.79 Å². The number of nitrogens with zero attached hydrogens (tertiary/aromatic N) is 3. The van der Waals surface area contributed by atoms with Crippen LogP contribution in [0.1, 0.15) is 45.2 Å². The summed E-state index contributed by atoms with van der Waals surface area (Å²) in [6, 6.07) is 2.17. The van der Waals surface area contributed by atoms with E-state index in [1.807, 2.05) is 36.8 Å². The van der Waals surface area contributed by atoms with Gasteiger partial charge in [0.15, 0.2) is 0 Å². The molecule has 1 heterocycles. The zero-order valence-electron chi connectivity index (χ0n) is 15.3. The number of hydrogen-bond donors (Lipinski definition) is 2. The van der Waals surface area contributed by atoms with E-state index in [0.717, 1.165) is 49.6 Å². The van der Waals surface area contributed by atoms with Crippen LogP contribution >= 0.6 is 0 Å². The molecule has 0 aromatic carbocycles. The SMILES string of the molecule is CC/C(C#N)=C\C=C(/C)n1cnc(C2(C=O)CC2CCCN)c1.CO. The summed E-state index contributed by atoms with van der Waals surface area (Å²) < 4.78 is 1.90. The van der Waals surface area contributed by atoms with Gasteiger partial charge in [0.25, 0.3) is 0 Å². The third-order valence-electron chi connectivity index (χ3n) is 4.64. The summed E-state index contributed by atoms with van der Waals surface area (Å²) in [7, 11) is 1.00. The van der Waals surface area contributed by atoms with Crippen LogP contribution in [-0.4, -0.2) is 34.6 Å². The molecule has 136 valence electrons. The van der Waals surface area contributed by atoms with E-state index in [4.69, 9.17) is 16.1 Å². The number of carbonyl (C=O) groups excluding carboxylic acids is 1. The fourth-order valence-corrected chi connectivity index (χ4v) is 2.89. The van der Waals surface area contributed by atoms with E-state index in [-0.39, 0.29) is 0 Å². The van der Waals surface area contributed by atoms with Crippen LogP contribution < -0.4 is 5.73 Å². The van der Waals surface area contributed by atoms with Gasteiger partial charge in [0, 0.05) is 24.6 Å². The number of aldehydes is 1. The van der Waals surface area contributed by atoms with Crippen LogP contribution in [0.15, 0.2) is 30.2 Å². The maximum atomic E-state index is 11.6. The van der Waals surface area contributed by atoms with Crippen molar-refractivity contribution in [1.29, 1.82) is 5.26 Å². The van der Waals surface area contributed by atoms with Crippen molar-refractivity contribution < 1.29 is 9.90 Å². The third-order valence-corrected chi connectivity index (χ3v) is 4.64. The van der Waals surface area contributed by atoms with E-state index in [1.165, 1.54) is 0 Å². The highest BCUT2D eigenvalue weighted by Crippen LogP contribution is 2.54. The molecule has 0 spiro atoms. The standard InChI is InChI=1S/C18H24N4O.CH4O/c1-3-15(10-20)7-6-14(2)22-11-17(21-13-22)18(12-23)9-16(18)5-4-8-19;1-2/h6-7,11-13,16H,3-5,8-9,19H2,1-2H3;2H,1H3/b14-6+,15-7+;. The monoisotopic (exact) mass is 344 g/mol.